The Kier molecular flexibility index (Phi) is 3.72. The van der Waals surface area contributed by atoms with Gasteiger partial charge in [-0.3, -0.25) is 0 Å². The van der Waals surface area contributed by atoms with Crippen molar-refractivity contribution < 1.29 is 14.6 Å². The summed E-state index contributed by atoms with van der Waals surface area (Å²) in [5.41, 5.74) is 0. The van der Waals surface area contributed by atoms with Gasteiger partial charge in [0, 0.05) is 0 Å². The van der Waals surface area contributed by atoms with E-state index in [1.165, 1.54) is 6.42 Å². The quantitative estimate of drug-likeness (QED) is 0.733. The number of rotatable bonds is 3. The van der Waals surface area contributed by atoms with Crippen LogP contribution in [0.5, 0.6) is 0 Å². The molecule has 1 N–H and O–H groups in total. The SMILES string of the molecule is CC1CCCC(O[C@H](C)C(=O)O)C1. The molecular formula is C10H18O3. The van der Waals surface area contributed by atoms with E-state index in [4.69, 9.17) is 9.84 Å². The van der Waals surface area contributed by atoms with Crippen molar-refractivity contribution in [1.29, 1.82) is 0 Å². The van der Waals surface area contributed by atoms with E-state index in [1.807, 2.05) is 0 Å². The molecule has 0 aliphatic heterocycles. The van der Waals surface area contributed by atoms with Crippen LogP contribution in [0.4, 0.5) is 0 Å². The molecule has 0 heterocycles. The molecule has 1 aliphatic rings. The highest BCUT2D eigenvalue weighted by molar-refractivity contribution is 5.71. The largest absolute Gasteiger partial charge is 0.479 e. The van der Waals surface area contributed by atoms with Crippen LogP contribution in [0, 0.1) is 5.92 Å². The third-order valence-corrected chi connectivity index (χ3v) is 2.63. The van der Waals surface area contributed by atoms with E-state index in [0.717, 1.165) is 19.3 Å². The summed E-state index contributed by atoms with van der Waals surface area (Å²) in [6, 6.07) is 0. The number of carbonyl (C=O) groups is 1. The standard InChI is InChI=1S/C10H18O3/c1-7-4-3-5-9(6-7)13-8(2)10(11)12/h7-9H,3-6H2,1-2H3,(H,11,12)/t7?,8-,9?/m1/s1. The van der Waals surface area contributed by atoms with Crippen LogP contribution in [-0.4, -0.2) is 23.3 Å². The average molecular weight is 186 g/mol. The molecule has 1 aliphatic carbocycles. The highest BCUT2D eigenvalue weighted by atomic mass is 16.5. The van der Waals surface area contributed by atoms with E-state index < -0.39 is 12.1 Å². The third kappa shape index (κ3) is 3.35. The summed E-state index contributed by atoms with van der Waals surface area (Å²) < 4.78 is 5.42. The Balaban J connectivity index is 2.31. The number of hydrogen-bond acceptors (Lipinski definition) is 2. The monoisotopic (exact) mass is 186 g/mol. The molecule has 1 fully saturated rings. The maximum atomic E-state index is 10.5. The van der Waals surface area contributed by atoms with Crippen LogP contribution in [-0.2, 0) is 9.53 Å². The lowest BCUT2D eigenvalue weighted by Gasteiger charge is -2.28. The van der Waals surface area contributed by atoms with Crippen LogP contribution in [0.1, 0.15) is 39.5 Å². The first-order valence-corrected chi connectivity index (χ1v) is 4.98. The summed E-state index contributed by atoms with van der Waals surface area (Å²) in [5, 5.41) is 8.65. The van der Waals surface area contributed by atoms with Crippen molar-refractivity contribution in [1.82, 2.24) is 0 Å². The van der Waals surface area contributed by atoms with Gasteiger partial charge < -0.3 is 9.84 Å². The maximum Gasteiger partial charge on any atom is 0.332 e. The minimum atomic E-state index is -0.863. The zero-order valence-electron chi connectivity index (χ0n) is 8.32. The molecule has 1 rings (SSSR count). The van der Waals surface area contributed by atoms with Gasteiger partial charge in [0.2, 0.25) is 0 Å². The Labute approximate surface area is 79.1 Å². The van der Waals surface area contributed by atoms with Gasteiger partial charge in [0.25, 0.3) is 0 Å². The molecule has 0 bridgehead atoms. The van der Waals surface area contributed by atoms with Gasteiger partial charge in [0.1, 0.15) is 0 Å². The van der Waals surface area contributed by atoms with Gasteiger partial charge >= 0.3 is 5.97 Å². The highest BCUT2D eigenvalue weighted by Crippen LogP contribution is 2.26. The van der Waals surface area contributed by atoms with Crippen molar-refractivity contribution >= 4 is 5.97 Å². The van der Waals surface area contributed by atoms with Crippen molar-refractivity contribution in [2.45, 2.75) is 51.7 Å². The fourth-order valence-corrected chi connectivity index (χ4v) is 1.85. The molecule has 0 aromatic carbocycles. The Morgan fingerprint density at radius 2 is 2.23 bits per heavy atom. The summed E-state index contributed by atoms with van der Waals surface area (Å²) in [5.74, 6) is -0.182. The zero-order chi connectivity index (χ0) is 9.84. The third-order valence-electron chi connectivity index (χ3n) is 2.63. The topological polar surface area (TPSA) is 46.5 Å². The van der Waals surface area contributed by atoms with Crippen molar-refractivity contribution in [2.24, 2.45) is 5.92 Å². The Bertz CT molecular complexity index is 179. The minimum absolute atomic E-state index is 0.162. The Hall–Kier alpha value is -0.570. The molecular weight excluding hydrogens is 168 g/mol. The van der Waals surface area contributed by atoms with Crippen LogP contribution in [0.25, 0.3) is 0 Å². The fraction of sp³-hybridized carbons (Fsp3) is 0.900. The molecule has 0 amide bonds. The van der Waals surface area contributed by atoms with Gasteiger partial charge in [-0.2, -0.15) is 0 Å². The molecule has 3 heteroatoms. The van der Waals surface area contributed by atoms with E-state index in [1.54, 1.807) is 6.92 Å². The summed E-state index contributed by atoms with van der Waals surface area (Å²) in [6.07, 6.45) is 3.95. The van der Waals surface area contributed by atoms with E-state index in [9.17, 15) is 4.79 Å². The number of hydrogen-bond donors (Lipinski definition) is 1. The van der Waals surface area contributed by atoms with Crippen LogP contribution < -0.4 is 0 Å². The first-order chi connectivity index (χ1) is 6.09. The summed E-state index contributed by atoms with van der Waals surface area (Å²) in [4.78, 5) is 10.5. The highest BCUT2D eigenvalue weighted by Gasteiger charge is 2.23. The lowest BCUT2D eigenvalue weighted by atomic mass is 9.88. The number of aliphatic carboxylic acids is 1. The lowest BCUT2D eigenvalue weighted by molar-refractivity contribution is -0.154. The Morgan fingerprint density at radius 3 is 2.77 bits per heavy atom. The van der Waals surface area contributed by atoms with Gasteiger partial charge in [-0.05, 0) is 25.7 Å². The van der Waals surface area contributed by atoms with Gasteiger partial charge in [0.15, 0.2) is 6.10 Å². The summed E-state index contributed by atoms with van der Waals surface area (Å²) >= 11 is 0. The predicted octanol–water partition coefficient (Wildman–Crippen LogP) is 2.05. The van der Waals surface area contributed by atoms with E-state index in [-0.39, 0.29) is 6.10 Å². The van der Waals surface area contributed by atoms with E-state index in [2.05, 4.69) is 6.92 Å². The predicted molar refractivity (Wildman–Crippen MR) is 49.6 cm³/mol. The Morgan fingerprint density at radius 1 is 1.54 bits per heavy atom. The molecule has 0 aromatic rings. The van der Waals surface area contributed by atoms with Crippen LogP contribution in [0.3, 0.4) is 0 Å². The average Bonchev–Trinajstić information content (AvgIpc) is 2.04. The van der Waals surface area contributed by atoms with E-state index in [0.29, 0.717) is 5.92 Å². The van der Waals surface area contributed by atoms with Crippen LogP contribution in [0.15, 0.2) is 0 Å². The molecule has 0 radical (unpaired) electrons. The lowest BCUT2D eigenvalue weighted by Crippen LogP contribution is -2.29. The summed E-state index contributed by atoms with van der Waals surface area (Å²) in [6.45, 7) is 3.79. The molecule has 76 valence electrons. The fourth-order valence-electron chi connectivity index (χ4n) is 1.85. The molecule has 13 heavy (non-hydrogen) atoms. The van der Waals surface area contributed by atoms with Gasteiger partial charge in [-0.1, -0.05) is 19.8 Å². The molecule has 0 spiro atoms. The first kappa shape index (κ1) is 10.5. The molecule has 2 unspecified atom stereocenters. The smallest absolute Gasteiger partial charge is 0.332 e. The number of ether oxygens (including phenoxy) is 1. The minimum Gasteiger partial charge on any atom is -0.479 e. The maximum absolute atomic E-state index is 10.5. The van der Waals surface area contributed by atoms with Crippen LogP contribution >= 0.6 is 0 Å². The van der Waals surface area contributed by atoms with E-state index >= 15 is 0 Å². The van der Waals surface area contributed by atoms with Gasteiger partial charge in [-0.15, -0.1) is 0 Å². The van der Waals surface area contributed by atoms with Crippen molar-refractivity contribution in [3.05, 3.63) is 0 Å². The molecule has 3 nitrogen and oxygen atoms in total. The van der Waals surface area contributed by atoms with Crippen molar-refractivity contribution in [2.75, 3.05) is 0 Å². The van der Waals surface area contributed by atoms with Crippen molar-refractivity contribution in [3.63, 3.8) is 0 Å². The molecule has 0 aromatic heterocycles. The van der Waals surface area contributed by atoms with Gasteiger partial charge in [0.05, 0.1) is 6.10 Å². The second-order valence-electron chi connectivity index (χ2n) is 4.01. The number of carboxylic acids is 1. The molecule has 0 saturated heterocycles. The van der Waals surface area contributed by atoms with Crippen LogP contribution in [0.2, 0.25) is 0 Å². The number of carboxylic acid groups (broad SMARTS) is 1. The van der Waals surface area contributed by atoms with Crippen molar-refractivity contribution in [3.8, 4) is 0 Å². The second-order valence-corrected chi connectivity index (χ2v) is 4.01. The first-order valence-electron chi connectivity index (χ1n) is 4.98. The molecule has 3 atom stereocenters. The molecule has 1 saturated carbocycles. The summed E-state index contributed by atoms with van der Waals surface area (Å²) in [7, 11) is 0. The normalized spacial score (nSPS) is 31.2. The zero-order valence-corrected chi connectivity index (χ0v) is 8.32. The second kappa shape index (κ2) is 4.61. The van der Waals surface area contributed by atoms with Gasteiger partial charge in [-0.25, -0.2) is 4.79 Å².